The molecule has 0 spiro atoms. The van der Waals surface area contributed by atoms with E-state index in [9.17, 15) is 0 Å². The van der Waals surface area contributed by atoms with E-state index in [2.05, 4.69) is 33.0 Å². The second-order valence-electron chi connectivity index (χ2n) is 3.87. The van der Waals surface area contributed by atoms with Crippen LogP contribution in [-0.4, -0.2) is 9.38 Å². The number of rotatable bonds is 2. The summed E-state index contributed by atoms with van der Waals surface area (Å²) in [6.45, 7) is 0. The molecule has 0 aliphatic carbocycles. The molecule has 0 saturated carbocycles. The first-order valence-corrected chi connectivity index (χ1v) is 6.20. The van der Waals surface area contributed by atoms with Crippen molar-refractivity contribution in [3.63, 3.8) is 0 Å². The van der Waals surface area contributed by atoms with Crippen LogP contribution in [0.25, 0.3) is 5.65 Å². The lowest BCUT2D eigenvalue weighted by Gasteiger charge is -1.98. The summed E-state index contributed by atoms with van der Waals surface area (Å²) >= 11 is 3.56. The number of aromatic nitrogens is 2. The SMILES string of the molecule is [2H]c1ccc2nc(Cc3ccccc3)c(Br)n2c1. The molecule has 0 aliphatic heterocycles. The van der Waals surface area contributed by atoms with Gasteiger partial charge in [-0.05, 0) is 33.6 Å². The van der Waals surface area contributed by atoms with Gasteiger partial charge in [0, 0.05) is 12.6 Å². The number of benzene rings is 1. The minimum atomic E-state index is 0.479. The van der Waals surface area contributed by atoms with Gasteiger partial charge in [0.1, 0.15) is 10.3 Å². The van der Waals surface area contributed by atoms with Gasteiger partial charge in [0.2, 0.25) is 0 Å². The normalized spacial score (nSPS) is 11.7. The number of hydrogen-bond acceptors (Lipinski definition) is 1. The number of fused-ring (bicyclic) bond motifs is 1. The Hall–Kier alpha value is -1.61. The summed E-state index contributed by atoms with van der Waals surface area (Å²) in [6.07, 6.45) is 2.55. The Balaban J connectivity index is 2.05. The van der Waals surface area contributed by atoms with Crippen LogP contribution in [0.2, 0.25) is 0 Å². The molecule has 3 heteroatoms. The first kappa shape index (κ1) is 9.42. The van der Waals surface area contributed by atoms with Crippen molar-refractivity contribution in [3.05, 3.63) is 70.6 Å². The van der Waals surface area contributed by atoms with E-state index in [1.807, 2.05) is 28.7 Å². The highest BCUT2D eigenvalue weighted by molar-refractivity contribution is 9.10. The van der Waals surface area contributed by atoms with E-state index in [1.54, 1.807) is 12.3 Å². The van der Waals surface area contributed by atoms with Crippen LogP contribution < -0.4 is 0 Å². The Bertz CT molecular complexity index is 692. The zero-order chi connectivity index (χ0) is 12.5. The fraction of sp³-hybridized carbons (Fsp3) is 0.0714. The number of halogens is 1. The second-order valence-corrected chi connectivity index (χ2v) is 4.62. The van der Waals surface area contributed by atoms with E-state index in [-0.39, 0.29) is 0 Å². The monoisotopic (exact) mass is 287 g/mol. The van der Waals surface area contributed by atoms with Gasteiger partial charge >= 0.3 is 0 Å². The van der Waals surface area contributed by atoms with Crippen LogP contribution in [0.4, 0.5) is 0 Å². The highest BCUT2D eigenvalue weighted by Crippen LogP contribution is 2.21. The van der Waals surface area contributed by atoms with E-state index in [0.29, 0.717) is 6.04 Å². The third kappa shape index (κ3) is 1.98. The zero-order valence-corrected chi connectivity index (χ0v) is 10.7. The highest BCUT2D eigenvalue weighted by atomic mass is 79.9. The van der Waals surface area contributed by atoms with Crippen LogP contribution >= 0.6 is 15.9 Å². The first-order chi connectivity index (χ1) is 8.74. The molecule has 3 aromatic rings. The van der Waals surface area contributed by atoms with Crippen molar-refractivity contribution in [2.45, 2.75) is 6.42 Å². The third-order valence-electron chi connectivity index (χ3n) is 2.69. The predicted octanol–water partition coefficient (Wildman–Crippen LogP) is 3.69. The maximum absolute atomic E-state index is 7.63. The summed E-state index contributed by atoms with van der Waals surface area (Å²) in [4.78, 5) is 4.58. The molecule has 0 saturated heterocycles. The fourth-order valence-electron chi connectivity index (χ4n) is 1.86. The minimum Gasteiger partial charge on any atom is -0.294 e. The van der Waals surface area contributed by atoms with Crippen LogP contribution in [0.15, 0.2) is 59.3 Å². The second kappa shape index (κ2) is 4.34. The van der Waals surface area contributed by atoms with Crippen molar-refractivity contribution in [1.82, 2.24) is 9.38 Å². The van der Waals surface area contributed by atoms with E-state index < -0.39 is 0 Å². The molecule has 0 aliphatic rings. The predicted molar refractivity (Wildman–Crippen MR) is 72.1 cm³/mol. The number of imidazole rings is 1. The summed E-state index contributed by atoms with van der Waals surface area (Å²) in [5.41, 5.74) is 3.09. The molecule has 1 aromatic carbocycles. The Morgan fingerprint density at radius 2 is 2.00 bits per heavy atom. The highest BCUT2D eigenvalue weighted by Gasteiger charge is 2.09. The molecule has 0 fully saturated rings. The molecule has 2 heterocycles. The molecule has 3 rings (SSSR count). The van der Waals surface area contributed by atoms with Crippen molar-refractivity contribution in [1.29, 1.82) is 0 Å². The van der Waals surface area contributed by atoms with Crippen molar-refractivity contribution in [2.24, 2.45) is 0 Å². The van der Waals surface area contributed by atoms with Crippen LogP contribution in [0.1, 0.15) is 12.6 Å². The van der Waals surface area contributed by atoms with E-state index in [4.69, 9.17) is 1.37 Å². The summed E-state index contributed by atoms with van der Waals surface area (Å²) in [5, 5.41) is 0. The summed E-state index contributed by atoms with van der Waals surface area (Å²) in [7, 11) is 0. The lowest BCUT2D eigenvalue weighted by Crippen LogP contribution is -1.89. The third-order valence-corrected chi connectivity index (χ3v) is 3.53. The largest absolute Gasteiger partial charge is 0.294 e. The Morgan fingerprint density at radius 1 is 1.18 bits per heavy atom. The smallest absolute Gasteiger partial charge is 0.137 e. The Morgan fingerprint density at radius 3 is 2.82 bits per heavy atom. The lowest BCUT2D eigenvalue weighted by molar-refractivity contribution is 1.08. The topological polar surface area (TPSA) is 17.3 Å². The van der Waals surface area contributed by atoms with Gasteiger partial charge in [-0.2, -0.15) is 0 Å². The molecular formula is C14H11BrN2. The van der Waals surface area contributed by atoms with Gasteiger partial charge in [-0.3, -0.25) is 4.40 Å². The van der Waals surface area contributed by atoms with Gasteiger partial charge in [-0.25, -0.2) is 4.98 Å². The van der Waals surface area contributed by atoms with Crippen molar-refractivity contribution in [3.8, 4) is 0 Å². The van der Waals surface area contributed by atoms with Crippen molar-refractivity contribution >= 4 is 21.6 Å². The molecule has 0 atom stereocenters. The molecule has 84 valence electrons. The standard InChI is InChI=1S/C14H11BrN2/c15-14-12(10-11-6-2-1-3-7-11)16-13-8-4-5-9-17(13)14/h1-9H,10H2/i5D. The fourth-order valence-corrected chi connectivity index (χ4v) is 2.37. The minimum absolute atomic E-state index is 0.479. The molecule has 0 radical (unpaired) electrons. The van der Waals surface area contributed by atoms with E-state index in [0.717, 1.165) is 22.4 Å². The van der Waals surface area contributed by atoms with Gasteiger partial charge in [0.25, 0.3) is 0 Å². The summed E-state index contributed by atoms with van der Waals surface area (Å²) < 4.78 is 10.5. The number of hydrogen-bond donors (Lipinski definition) is 0. The zero-order valence-electron chi connectivity index (χ0n) is 10.1. The molecule has 2 nitrogen and oxygen atoms in total. The van der Waals surface area contributed by atoms with Gasteiger partial charge < -0.3 is 0 Å². The van der Waals surface area contributed by atoms with Crippen LogP contribution in [-0.2, 0) is 6.42 Å². The van der Waals surface area contributed by atoms with E-state index >= 15 is 0 Å². The van der Waals surface area contributed by atoms with Crippen LogP contribution in [0, 0.1) is 0 Å². The van der Waals surface area contributed by atoms with Crippen molar-refractivity contribution in [2.75, 3.05) is 0 Å². The van der Waals surface area contributed by atoms with Crippen LogP contribution in [0.3, 0.4) is 0 Å². The summed E-state index contributed by atoms with van der Waals surface area (Å²) in [5.74, 6) is 0. The van der Waals surface area contributed by atoms with Gasteiger partial charge in [0.15, 0.2) is 0 Å². The number of nitrogens with zero attached hydrogens (tertiary/aromatic N) is 2. The molecule has 0 unspecified atom stereocenters. The average Bonchev–Trinajstić information content (AvgIpc) is 2.68. The first-order valence-electron chi connectivity index (χ1n) is 5.91. The quantitative estimate of drug-likeness (QED) is 0.703. The van der Waals surface area contributed by atoms with Crippen LogP contribution in [0.5, 0.6) is 0 Å². The van der Waals surface area contributed by atoms with Gasteiger partial charge in [-0.1, -0.05) is 36.4 Å². The lowest BCUT2D eigenvalue weighted by atomic mass is 10.1. The van der Waals surface area contributed by atoms with Crippen molar-refractivity contribution < 1.29 is 1.37 Å². The average molecular weight is 288 g/mol. The maximum Gasteiger partial charge on any atom is 0.137 e. The molecular weight excluding hydrogens is 276 g/mol. The van der Waals surface area contributed by atoms with E-state index in [1.165, 1.54) is 5.56 Å². The molecule has 0 amide bonds. The maximum atomic E-state index is 7.63. The summed E-state index contributed by atoms with van der Waals surface area (Å²) in [6, 6.07) is 14.3. The Kier molecular flexibility index (Phi) is 2.40. The molecule has 17 heavy (non-hydrogen) atoms. The molecule has 2 aromatic heterocycles. The molecule has 0 bridgehead atoms. The van der Waals surface area contributed by atoms with Gasteiger partial charge in [-0.15, -0.1) is 0 Å². The number of pyridine rings is 1. The molecule has 0 N–H and O–H groups in total. The Labute approximate surface area is 109 Å². The van der Waals surface area contributed by atoms with Gasteiger partial charge in [0.05, 0.1) is 7.06 Å².